The molecule has 0 fully saturated rings. The number of hydrogen-bond acceptors (Lipinski definition) is 4. The molecule has 2 N–H and O–H groups in total. The van der Waals surface area contributed by atoms with Gasteiger partial charge in [-0.05, 0) is 48.5 Å². The van der Waals surface area contributed by atoms with Gasteiger partial charge in [-0.3, -0.25) is 10.0 Å². The van der Waals surface area contributed by atoms with Crippen molar-refractivity contribution in [1.82, 2.24) is 14.9 Å². The van der Waals surface area contributed by atoms with E-state index in [2.05, 4.69) is 28.6 Å². The van der Waals surface area contributed by atoms with Crippen LogP contribution < -0.4 is 10.2 Å². The lowest BCUT2D eigenvalue weighted by Gasteiger charge is -2.24. The number of nitrogens with zero attached hydrogens (tertiary/aromatic N) is 2. The summed E-state index contributed by atoms with van der Waals surface area (Å²) in [6, 6.07) is 13.6. The van der Waals surface area contributed by atoms with Crippen LogP contribution in [0.1, 0.15) is 27.2 Å². The number of rotatable bonds is 4. The van der Waals surface area contributed by atoms with E-state index in [1.807, 2.05) is 18.2 Å². The summed E-state index contributed by atoms with van der Waals surface area (Å²) in [6.45, 7) is 2.71. The third-order valence-electron chi connectivity index (χ3n) is 5.31. The van der Waals surface area contributed by atoms with E-state index in [9.17, 15) is 4.79 Å². The normalized spacial score (nSPS) is 14.2. The standard InChI is InChI=1S/C21H23N3O3/c1-23-10-9-20-18(13-23)17-11-16(27-2)7-8-19(17)24(20)12-14-3-5-15(6-4-14)21(25)22-26/h3-8,11,26H,9-10,12-13H2,1-2H3,(H,22,25). The first kappa shape index (κ1) is 17.6. The first-order chi connectivity index (χ1) is 13.1. The Bertz CT molecular complexity index is 992. The van der Waals surface area contributed by atoms with Gasteiger partial charge in [-0.2, -0.15) is 0 Å². The number of aromatic nitrogens is 1. The maximum absolute atomic E-state index is 11.5. The van der Waals surface area contributed by atoms with Crippen molar-refractivity contribution in [2.45, 2.75) is 19.5 Å². The Morgan fingerprint density at radius 1 is 1.22 bits per heavy atom. The van der Waals surface area contributed by atoms with Gasteiger partial charge in [0.2, 0.25) is 0 Å². The van der Waals surface area contributed by atoms with E-state index in [1.165, 1.54) is 22.2 Å². The summed E-state index contributed by atoms with van der Waals surface area (Å²) < 4.78 is 7.81. The van der Waals surface area contributed by atoms with Crippen molar-refractivity contribution in [1.29, 1.82) is 0 Å². The third-order valence-corrected chi connectivity index (χ3v) is 5.31. The maximum atomic E-state index is 11.5. The molecule has 6 heteroatoms. The number of carbonyl (C=O) groups is 1. The van der Waals surface area contributed by atoms with Crippen LogP contribution in [0, 0.1) is 0 Å². The minimum Gasteiger partial charge on any atom is -0.497 e. The van der Waals surface area contributed by atoms with Crippen LogP contribution >= 0.6 is 0 Å². The molecule has 0 saturated carbocycles. The lowest BCUT2D eigenvalue weighted by molar-refractivity contribution is 0.0706. The van der Waals surface area contributed by atoms with E-state index in [0.717, 1.165) is 37.4 Å². The molecule has 4 rings (SSSR count). The Labute approximate surface area is 157 Å². The van der Waals surface area contributed by atoms with E-state index in [-0.39, 0.29) is 0 Å². The summed E-state index contributed by atoms with van der Waals surface area (Å²) in [5, 5.41) is 10.0. The highest BCUT2D eigenvalue weighted by molar-refractivity contribution is 5.93. The van der Waals surface area contributed by atoms with E-state index < -0.39 is 5.91 Å². The average Bonchev–Trinajstić information content (AvgIpc) is 3.00. The van der Waals surface area contributed by atoms with Crippen LogP contribution in [0.5, 0.6) is 5.75 Å². The number of hydrogen-bond donors (Lipinski definition) is 2. The Balaban J connectivity index is 1.76. The molecule has 0 unspecified atom stereocenters. The van der Waals surface area contributed by atoms with Gasteiger partial charge in [0.25, 0.3) is 5.91 Å². The molecule has 3 aromatic rings. The van der Waals surface area contributed by atoms with Gasteiger partial charge < -0.3 is 14.2 Å². The summed E-state index contributed by atoms with van der Waals surface area (Å²) in [5.74, 6) is 0.371. The number of fused-ring (bicyclic) bond motifs is 3. The smallest absolute Gasteiger partial charge is 0.274 e. The van der Waals surface area contributed by atoms with Crippen LogP contribution in [-0.2, 0) is 19.5 Å². The van der Waals surface area contributed by atoms with Crippen molar-refractivity contribution < 1.29 is 14.7 Å². The molecular formula is C21H23N3O3. The van der Waals surface area contributed by atoms with Crippen LogP contribution in [0.2, 0.25) is 0 Å². The fraction of sp³-hybridized carbons (Fsp3) is 0.286. The molecular weight excluding hydrogens is 342 g/mol. The molecule has 1 aromatic heterocycles. The lowest BCUT2D eigenvalue weighted by Crippen LogP contribution is -2.27. The van der Waals surface area contributed by atoms with Crippen LogP contribution in [0.25, 0.3) is 10.9 Å². The van der Waals surface area contributed by atoms with E-state index in [4.69, 9.17) is 9.94 Å². The molecule has 1 aliphatic heterocycles. The van der Waals surface area contributed by atoms with Crippen molar-refractivity contribution in [3.8, 4) is 5.75 Å². The van der Waals surface area contributed by atoms with E-state index >= 15 is 0 Å². The highest BCUT2D eigenvalue weighted by Gasteiger charge is 2.22. The molecule has 140 valence electrons. The van der Waals surface area contributed by atoms with Gasteiger partial charge >= 0.3 is 0 Å². The number of benzene rings is 2. The second kappa shape index (κ2) is 7.06. The summed E-state index contributed by atoms with van der Waals surface area (Å²) >= 11 is 0. The highest BCUT2D eigenvalue weighted by atomic mass is 16.5. The zero-order chi connectivity index (χ0) is 19.0. The monoisotopic (exact) mass is 365 g/mol. The average molecular weight is 365 g/mol. The van der Waals surface area contributed by atoms with Gasteiger partial charge in [-0.15, -0.1) is 0 Å². The Morgan fingerprint density at radius 2 is 2.00 bits per heavy atom. The quantitative estimate of drug-likeness (QED) is 0.551. The van der Waals surface area contributed by atoms with Gasteiger partial charge in [0.05, 0.1) is 7.11 Å². The van der Waals surface area contributed by atoms with Crippen molar-refractivity contribution in [2.75, 3.05) is 20.7 Å². The van der Waals surface area contributed by atoms with Crippen molar-refractivity contribution >= 4 is 16.8 Å². The molecule has 0 aliphatic carbocycles. The molecule has 0 spiro atoms. The van der Waals surface area contributed by atoms with Crippen LogP contribution in [0.4, 0.5) is 0 Å². The molecule has 2 heterocycles. The molecule has 0 radical (unpaired) electrons. The fourth-order valence-corrected chi connectivity index (χ4v) is 3.88. The number of amides is 1. The molecule has 6 nitrogen and oxygen atoms in total. The number of methoxy groups -OCH3 is 1. The molecule has 27 heavy (non-hydrogen) atoms. The predicted molar refractivity (Wildman–Crippen MR) is 103 cm³/mol. The third kappa shape index (κ3) is 3.18. The highest BCUT2D eigenvalue weighted by Crippen LogP contribution is 2.33. The molecule has 1 amide bonds. The van der Waals surface area contributed by atoms with Gasteiger partial charge in [0.1, 0.15) is 5.75 Å². The molecule has 0 atom stereocenters. The molecule has 2 aromatic carbocycles. The van der Waals surface area contributed by atoms with Crippen molar-refractivity contribution in [3.63, 3.8) is 0 Å². The fourth-order valence-electron chi connectivity index (χ4n) is 3.88. The van der Waals surface area contributed by atoms with Crippen molar-refractivity contribution in [2.24, 2.45) is 0 Å². The zero-order valence-electron chi connectivity index (χ0n) is 15.5. The van der Waals surface area contributed by atoms with Crippen LogP contribution in [0.15, 0.2) is 42.5 Å². The Kier molecular flexibility index (Phi) is 4.59. The lowest BCUT2D eigenvalue weighted by atomic mass is 10.0. The maximum Gasteiger partial charge on any atom is 0.274 e. The summed E-state index contributed by atoms with van der Waals surface area (Å²) in [7, 11) is 3.85. The van der Waals surface area contributed by atoms with Gasteiger partial charge in [-0.1, -0.05) is 12.1 Å². The summed E-state index contributed by atoms with van der Waals surface area (Å²) in [4.78, 5) is 13.9. The van der Waals surface area contributed by atoms with Crippen molar-refractivity contribution in [3.05, 3.63) is 64.8 Å². The number of carbonyl (C=O) groups excluding carboxylic acids is 1. The number of ether oxygens (including phenoxy) is 1. The first-order valence-corrected chi connectivity index (χ1v) is 9.00. The number of hydroxylamine groups is 1. The second-order valence-corrected chi connectivity index (χ2v) is 7.02. The van der Waals surface area contributed by atoms with E-state index in [0.29, 0.717) is 5.56 Å². The number of nitrogens with one attached hydrogen (secondary N) is 1. The van der Waals surface area contributed by atoms with Crippen LogP contribution in [-0.4, -0.2) is 41.3 Å². The molecule has 0 bridgehead atoms. The molecule has 0 saturated heterocycles. The Morgan fingerprint density at radius 3 is 2.70 bits per heavy atom. The van der Waals surface area contributed by atoms with Crippen LogP contribution in [0.3, 0.4) is 0 Å². The summed E-state index contributed by atoms with van der Waals surface area (Å²) in [5.41, 5.74) is 7.15. The minimum absolute atomic E-state index is 0.437. The zero-order valence-corrected chi connectivity index (χ0v) is 15.5. The first-order valence-electron chi connectivity index (χ1n) is 9.00. The second-order valence-electron chi connectivity index (χ2n) is 7.02. The SMILES string of the molecule is COc1ccc2c(c1)c1c(n2Cc2ccc(C(=O)NO)cc2)CCN(C)C1. The topological polar surface area (TPSA) is 66.7 Å². The van der Waals surface area contributed by atoms with Gasteiger partial charge in [0, 0.05) is 48.2 Å². The number of likely N-dealkylation sites (N-methyl/N-ethyl adjacent to an activating group) is 1. The minimum atomic E-state index is -0.500. The Hall–Kier alpha value is -2.83. The van der Waals surface area contributed by atoms with E-state index in [1.54, 1.807) is 24.7 Å². The molecule has 1 aliphatic rings. The van der Waals surface area contributed by atoms with Gasteiger partial charge in [0.15, 0.2) is 0 Å². The predicted octanol–water partition coefficient (Wildman–Crippen LogP) is 2.81. The summed E-state index contributed by atoms with van der Waals surface area (Å²) in [6.07, 6.45) is 1.01. The largest absolute Gasteiger partial charge is 0.497 e. The van der Waals surface area contributed by atoms with Gasteiger partial charge in [-0.25, -0.2) is 5.48 Å².